The molecule has 1 aromatic rings. The summed E-state index contributed by atoms with van der Waals surface area (Å²) in [6, 6.07) is 5.77. The number of hydrogen-bond donors (Lipinski definition) is 1. The van der Waals surface area contributed by atoms with E-state index in [1.165, 1.54) is 0 Å². The molecule has 100 valence electrons. The summed E-state index contributed by atoms with van der Waals surface area (Å²) >= 11 is 6.30. The Morgan fingerprint density at radius 2 is 2.28 bits per heavy atom. The van der Waals surface area contributed by atoms with E-state index in [9.17, 15) is 5.11 Å². The quantitative estimate of drug-likeness (QED) is 0.916. The highest BCUT2D eigenvalue weighted by Crippen LogP contribution is 2.31. The molecule has 4 heteroatoms. The maximum Gasteiger partial charge on any atom is 0.0762 e. The number of halogens is 1. The van der Waals surface area contributed by atoms with Crippen molar-refractivity contribution in [3.05, 3.63) is 28.8 Å². The monoisotopic (exact) mass is 269 g/mol. The third-order valence-corrected chi connectivity index (χ3v) is 3.81. The van der Waals surface area contributed by atoms with Gasteiger partial charge in [0.25, 0.3) is 0 Å². The Hall–Kier alpha value is -0.770. The van der Waals surface area contributed by atoms with E-state index < -0.39 is 6.10 Å². The molecule has 3 nitrogen and oxygen atoms in total. The molecule has 0 aromatic heterocycles. The van der Waals surface area contributed by atoms with Gasteiger partial charge in [-0.05, 0) is 37.5 Å². The summed E-state index contributed by atoms with van der Waals surface area (Å²) in [6.07, 6.45) is 2.03. The third kappa shape index (κ3) is 2.97. The molecular weight excluding hydrogens is 250 g/mol. The zero-order valence-corrected chi connectivity index (χ0v) is 11.7. The predicted octanol–water partition coefficient (Wildman–Crippen LogP) is 3.01. The SMILES string of the molecule is COC1CCCN(c2ccc(C(C)O)cc2Cl)C1. The largest absolute Gasteiger partial charge is 0.389 e. The van der Waals surface area contributed by atoms with Crippen molar-refractivity contribution in [1.82, 2.24) is 0 Å². The van der Waals surface area contributed by atoms with Crippen molar-refractivity contribution in [2.75, 3.05) is 25.1 Å². The zero-order valence-electron chi connectivity index (χ0n) is 10.9. The average Bonchev–Trinajstić information content (AvgIpc) is 2.38. The first-order chi connectivity index (χ1) is 8.61. The minimum Gasteiger partial charge on any atom is -0.389 e. The second-order valence-corrected chi connectivity index (χ2v) is 5.24. The molecule has 2 atom stereocenters. The molecule has 1 N–H and O–H groups in total. The van der Waals surface area contributed by atoms with Gasteiger partial charge in [0.2, 0.25) is 0 Å². The number of aliphatic hydroxyl groups excluding tert-OH is 1. The Labute approximate surface area is 113 Å². The van der Waals surface area contributed by atoms with Gasteiger partial charge in [0.15, 0.2) is 0 Å². The van der Waals surface area contributed by atoms with E-state index in [4.69, 9.17) is 16.3 Å². The fourth-order valence-corrected chi connectivity index (χ4v) is 2.70. The van der Waals surface area contributed by atoms with Crippen molar-refractivity contribution in [2.24, 2.45) is 0 Å². The Kier molecular flexibility index (Phi) is 4.49. The highest BCUT2D eigenvalue weighted by molar-refractivity contribution is 6.33. The molecule has 2 unspecified atom stereocenters. The summed E-state index contributed by atoms with van der Waals surface area (Å²) < 4.78 is 5.42. The topological polar surface area (TPSA) is 32.7 Å². The van der Waals surface area contributed by atoms with Crippen LogP contribution in [-0.4, -0.2) is 31.4 Å². The predicted molar refractivity (Wildman–Crippen MR) is 74.3 cm³/mol. The Morgan fingerprint density at radius 3 is 2.89 bits per heavy atom. The van der Waals surface area contributed by atoms with Crippen molar-refractivity contribution < 1.29 is 9.84 Å². The molecular formula is C14H20ClNO2. The molecule has 1 saturated heterocycles. The number of hydrogen-bond acceptors (Lipinski definition) is 3. The summed E-state index contributed by atoms with van der Waals surface area (Å²) in [5, 5.41) is 10.2. The molecule has 0 aliphatic carbocycles. The van der Waals surface area contributed by atoms with Crippen LogP contribution in [0.1, 0.15) is 31.4 Å². The molecule has 1 aliphatic rings. The molecule has 1 fully saturated rings. The van der Waals surface area contributed by atoms with Crippen LogP contribution in [0.25, 0.3) is 0 Å². The van der Waals surface area contributed by atoms with Crippen LogP contribution in [0.4, 0.5) is 5.69 Å². The van der Waals surface area contributed by atoms with Gasteiger partial charge in [-0.15, -0.1) is 0 Å². The summed E-state index contributed by atoms with van der Waals surface area (Å²) in [7, 11) is 1.76. The molecule has 0 saturated carbocycles. The van der Waals surface area contributed by atoms with Crippen LogP contribution in [0, 0.1) is 0 Å². The fraction of sp³-hybridized carbons (Fsp3) is 0.571. The maximum atomic E-state index is 9.54. The molecule has 0 radical (unpaired) electrons. The van der Waals surface area contributed by atoms with Gasteiger partial charge in [-0.2, -0.15) is 0 Å². The smallest absolute Gasteiger partial charge is 0.0762 e. The number of benzene rings is 1. The number of rotatable bonds is 3. The third-order valence-electron chi connectivity index (χ3n) is 3.51. The van der Waals surface area contributed by atoms with Gasteiger partial charge in [-0.3, -0.25) is 0 Å². The summed E-state index contributed by atoms with van der Waals surface area (Å²) in [6.45, 7) is 3.63. The van der Waals surface area contributed by atoms with Gasteiger partial charge in [0.05, 0.1) is 22.9 Å². The molecule has 1 aliphatic heterocycles. The first kappa shape index (κ1) is 13.7. The van der Waals surface area contributed by atoms with E-state index in [2.05, 4.69) is 4.90 Å². The van der Waals surface area contributed by atoms with Crippen molar-refractivity contribution in [3.63, 3.8) is 0 Å². The van der Waals surface area contributed by atoms with Gasteiger partial charge >= 0.3 is 0 Å². The normalized spacial score (nSPS) is 22.0. The Balaban J connectivity index is 2.17. The number of piperidine rings is 1. The highest BCUT2D eigenvalue weighted by Gasteiger charge is 2.21. The lowest BCUT2D eigenvalue weighted by Crippen LogP contribution is -2.39. The van der Waals surface area contributed by atoms with Crippen LogP contribution in [0.3, 0.4) is 0 Å². The number of methoxy groups -OCH3 is 1. The average molecular weight is 270 g/mol. The van der Waals surface area contributed by atoms with Crippen LogP contribution in [-0.2, 0) is 4.74 Å². The molecule has 1 aromatic carbocycles. The summed E-state index contributed by atoms with van der Waals surface area (Å²) in [5.74, 6) is 0. The Morgan fingerprint density at radius 1 is 1.50 bits per heavy atom. The minimum absolute atomic E-state index is 0.284. The molecule has 1 heterocycles. The second-order valence-electron chi connectivity index (χ2n) is 4.83. The van der Waals surface area contributed by atoms with E-state index in [1.807, 2.05) is 18.2 Å². The number of anilines is 1. The Bertz CT molecular complexity index is 409. The van der Waals surface area contributed by atoms with Gasteiger partial charge in [-0.25, -0.2) is 0 Å². The lowest BCUT2D eigenvalue weighted by Gasteiger charge is -2.34. The first-order valence-electron chi connectivity index (χ1n) is 6.37. The van der Waals surface area contributed by atoms with Gasteiger partial charge in [0, 0.05) is 20.2 Å². The molecule has 2 rings (SSSR count). The van der Waals surface area contributed by atoms with Gasteiger partial charge in [-0.1, -0.05) is 17.7 Å². The molecule has 0 bridgehead atoms. The number of aliphatic hydroxyl groups is 1. The zero-order chi connectivity index (χ0) is 13.1. The minimum atomic E-state index is -0.482. The standard InChI is InChI=1S/C14H20ClNO2/c1-10(17)11-5-6-14(13(15)8-11)16-7-3-4-12(9-16)18-2/h5-6,8,10,12,17H,3-4,7,9H2,1-2H3. The maximum absolute atomic E-state index is 9.54. The van der Waals surface area contributed by atoms with Crippen molar-refractivity contribution >= 4 is 17.3 Å². The van der Waals surface area contributed by atoms with Crippen LogP contribution < -0.4 is 4.90 Å². The molecule has 0 amide bonds. The van der Waals surface area contributed by atoms with E-state index in [0.29, 0.717) is 5.02 Å². The summed E-state index contributed by atoms with van der Waals surface area (Å²) in [4.78, 5) is 2.26. The second kappa shape index (κ2) is 5.91. The van der Waals surface area contributed by atoms with Crippen molar-refractivity contribution in [1.29, 1.82) is 0 Å². The van der Waals surface area contributed by atoms with Crippen LogP contribution >= 0.6 is 11.6 Å². The first-order valence-corrected chi connectivity index (χ1v) is 6.75. The summed E-state index contributed by atoms with van der Waals surface area (Å²) in [5.41, 5.74) is 1.88. The number of ether oxygens (including phenoxy) is 1. The van der Waals surface area contributed by atoms with Crippen LogP contribution in [0.2, 0.25) is 5.02 Å². The van der Waals surface area contributed by atoms with Gasteiger partial charge < -0.3 is 14.7 Å². The lowest BCUT2D eigenvalue weighted by molar-refractivity contribution is 0.0893. The molecule has 0 spiro atoms. The van der Waals surface area contributed by atoms with Crippen LogP contribution in [0.5, 0.6) is 0 Å². The number of nitrogens with zero attached hydrogens (tertiary/aromatic N) is 1. The van der Waals surface area contributed by atoms with E-state index in [-0.39, 0.29) is 6.10 Å². The fourth-order valence-electron chi connectivity index (χ4n) is 2.39. The lowest BCUT2D eigenvalue weighted by atomic mass is 10.1. The molecule has 18 heavy (non-hydrogen) atoms. The highest BCUT2D eigenvalue weighted by atomic mass is 35.5. The van der Waals surface area contributed by atoms with Gasteiger partial charge in [0.1, 0.15) is 0 Å². The van der Waals surface area contributed by atoms with Crippen molar-refractivity contribution in [3.8, 4) is 0 Å². The van der Waals surface area contributed by atoms with E-state index >= 15 is 0 Å². The van der Waals surface area contributed by atoms with Crippen LogP contribution in [0.15, 0.2) is 18.2 Å². The van der Waals surface area contributed by atoms with E-state index in [1.54, 1.807) is 14.0 Å². The van der Waals surface area contributed by atoms with E-state index in [0.717, 1.165) is 37.2 Å². The van der Waals surface area contributed by atoms with Crippen molar-refractivity contribution in [2.45, 2.75) is 32.0 Å².